The lowest BCUT2D eigenvalue weighted by Crippen LogP contribution is -1.96. The van der Waals surface area contributed by atoms with Gasteiger partial charge in [-0.25, -0.2) is 4.68 Å². The molecule has 2 aromatic rings. The van der Waals surface area contributed by atoms with Crippen LogP contribution in [0.1, 0.15) is 0 Å². The van der Waals surface area contributed by atoms with Crippen molar-refractivity contribution in [3.63, 3.8) is 0 Å². The van der Waals surface area contributed by atoms with Gasteiger partial charge in [-0.1, -0.05) is 23.2 Å². The summed E-state index contributed by atoms with van der Waals surface area (Å²) >= 11 is 11.8. The van der Waals surface area contributed by atoms with E-state index in [2.05, 4.69) is 10.1 Å². The van der Waals surface area contributed by atoms with Crippen LogP contribution >= 0.6 is 23.2 Å². The van der Waals surface area contributed by atoms with Crippen molar-refractivity contribution < 1.29 is 4.74 Å². The molecule has 1 aromatic carbocycles. The third-order valence-corrected chi connectivity index (χ3v) is 2.35. The lowest BCUT2D eigenvalue weighted by molar-refractivity contribution is 0.380. The Balaban J connectivity index is 2.44. The predicted octanol–water partition coefficient (Wildman–Crippen LogP) is 2.58. The second-order valence-electron chi connectivity index (χ2n) is 2.77. The molecule has 4 nitrogen and oxygen atoms in total. The first-order valence-electron chi connectivity index (χ1n) is 4.12. The van der Waals surface area contributed by atoms with E-state index in [9.17, 15) is 0 Å². The third-order valence-electron chi connectivity index (χ3n) is 1.81. The number of hydrogen-bond donors (Lipinski definition) is 0. The van der Waals surface area contributed by atoms with Crippen LogP contribution in [0.4, 0.5) is 0 Å². The Bertz CT molecular complexity index is 484. The lowest BCUT2D eigenvalue weighted by atomic mass is 10.3. The Morgan fingerprint density at radius 3 is 2.73 bits per heavy atom. The minimum Gasteiger partial charge on any atom is -0.466 e. The number of hydrogen-bond acceptors (Lipinski definition) is 3. The average molecular weight is 244 g/mol. The molecule has 0 saturated carbocycles. The highest BCUT2D eigenvalue weighted by molar-refractivity contribution is 6.35. The highest BCUT2D eigenvalue weighted by Crippen LogP contribution is 2.23. The van der Waals surface area contributed by atoms with Crippen molar-refractivity contribution in [1.29, 1.82) is 0 Å². The number of ether oxygens (including phenoxy) is 1. The molecule has 0 unspecified atom stereocenters. The van der Waals surface area contributed by atoms with Gasteiger partial charge in [-0.05, 0) is 18.2 Å². The Morgan fingerprint density at radius 1 is 1.33 bits per heavy atom. The largest absolute Gasteiger partial charge is 0.466 e. The van der Waals surface area contributed by atoms with Crippen LogP contribution in [0.15, 0.2) is 24.5 Å². The maximum Gasteiger partial charge on any atom is 0.335 e. The standard InChI is InChI=1S/C9H7Cl2N3O/c1-15-9-12-5-14(13-9)8-3-2-6(10)4-7(8)11/h2-5H,1H3. The fourth-order valence-electron chi connectivity index (χ4n) is 1.12. The first-order valence-corrected chi connectivity index (χ1v) is 4.87. The molecule has 15 heavy (non-hydrogen) atoms. The molecule has 0 radical (unpaired) electrons. The van der Waals surface area contributed by atoms with Crippen molar-refractivity contribution in [2.75, 3.05) is 7.11 Å². The van der Waals surface area contributed by atoms with Gasteiger partial charge in [0.2, 0.25) is 0 Å². The van der Waals surface area contributed by atoms with Gasteiger partial charge in [-0.2, -0.15) is 4.98 Å². The molecular weight excluding hydrogens is 237 g/mol. The van der Waals surface area contributed by atoms with E-state index < -0.39 is 0 Å². The summed E-state index contributed by atoms with van der Waals surface area (Å²) in [4.78, 5) is 3.91. The van der Waals surface area contributed by atoms with E-state index >= 15 is 0 Å². The monoisotopic (exact) mass is 243 g/mol. The van der Waals surface area contributed by atoms with Gasteiger partial charge >= 0.3 is 6.01 Å². The van der Waals surface area contributed by atoms with Gasteiger partial charge in [0.15, 0.2) is 0 Å². The number of halogens is 2. The van der Waals surface area contributed by atoms with E-state index in [1.54, 1.807) is 18.2 Å². The van der Waals surface area contributed by atoms with Crippen LogP contribution in [-0.2, 0) is 0 Å². The molecule has 0 fully saturated rings. The van der Waals surface area contributed by atoms with Gasteiger partial charge in [0.25, 0.3) is 0 Å². The molecule has 1 aromatic heterocycles. The van der Waals surface area contributed by atoms with Crippen molar-refractivity contribution in [3.8, 4) is 11.7 Å². The number of benzene rings is 1. The van der Waals surface area contributed by atoms with E-state index in [0.717, 1.165) is 0 Å². The SMILES string of the molecule is COc1ncn(-c2ccc(Cl)cc2Cl)n1. The Labute approximate surface area is 96.4 Å². The molecule has 0 spiro atoms. The van der Waals surface area contributed by atoms with Crippen molar-refractivity contribution >= 4 is 23.2 Å². The summed E-state index contributed by atoms with van der Waals surface area (Å²) in [7, 11) is 1.50. The second kappa shape index (κ2) is 4.08. The molecule has 6 heteroatoms. The minimum atomic E-state index is 0.293. The molecule has 2 rings (SSSR count). The third kappa shape index (κ3) is 2.06. The highest BCUT2D eigenvalue weighted by Gasteiger charge is 2.06. The zero-order valence-corrected chi connectivity index (χ0v) is 9.33. The van der Waals surface area contributed by atoms with Crippen LogP contribution in [0.3, 0.4) is 0 Å². The molecular formula is C9H7Cl2N3O. The predicted molar refractivity (Wildman–Crippen MR) is 57.9 cm³/mol. The molecule has 78 valence electrons. The van der Waals surface area contributed by atoms with Crippen LogP contribution < -0.4 is 4.74 Å². The van der Waals surface area contributed by atoms with Crippen LogP contribution in [0.2, 0.25) is 10.0 Å². The first-order chi connectivity index (χ1) is 7.20. The van der Waals surface area contributed by atoms with Gasteiger partial charge < -0.3 is 4.74 Å². The fourth-order valence-corrected chi connectivity index (χ4v) is 1.62. The Morgan fingerprint density at radius 2 is 2.13 bits per heavy atom. The van der Waals surface area contributed by atoms with E-state index in [-0.39, 0.29) is 0 Å². The van der Waals surface area contributed by atoms with Crippen LogP contribution in [0, 0.1) is 0 Å². The smallest absolute Gasteiger partial charge is 0.335 e. The quantitative estimate of drug-likeness (QED) is 0.815. The van der Waals surface area contributed by atoms with Crippen molar-refractivity contribution in [1.82, 2.24) is 14.8 Å². The fraction of sp³-hybridized carbons (Fsp3) is 0.111. The van der Waals surface area contributed by atoms with Crippen LogP contribution in [0.5, 0.6) is 6.01 Å². The highest BCUT2D eigenvalue weighted by atomic mass is 35.5. The first kappa shape index (κ1) is 10.3. The van der Waals surface area contributed by atoms with E-state index in [1.807, 2.05) is 0 Å². The second-order valence-corrected chi connectivity index (χ2v) is 3.62. The van der Waals surface area contributed by atoms with Gasteiger partial charge in [0.05, 0.1) is 17.8 Å². The van der Waals surface area contributed by atoms with Gasteiger partial charge in [0.1, 0.15) is 6.33 Å². The topological polar surface area (TPSA) is 39.9 Å². The van der Waals surface area contributed by atoms with Gasteiger partial charge in [-0.15, -0.1) is 5.10 Å². The van der Waals surface area contributed by atoms with Crippen LogP contribution in [0.25, 0.3) is 5.69 Å². The van der Waals surface area contributed by atoms with Gasteiger partial charge in [0, 0.05) is 5.02 Å². The normalized spacial score (nSPS) is 10.3. The number of nitrogens with zero attached hydrogens (tertiary/aromatic N) is 3. The summed E-state index contributed by atoms with van der Waals surface area (Å²) < 4.78 is 6.39. The summed E-state index contributed by atoms with van der Waals surface area (Å²) in [5.41, 5.74) is 0.705. The average Bonchev–Trinajstić information content (AvgIpc) is 2.66. The maximum atomic E-state index is 6.00. The summed E-state index contributed by atoms with van der Waals surface area (Å²) in [5.74, 6) is 0. The minimum absolute atomic E-state index is 0.293. The lowest BCUT2D eigenvalue weighted by Gasteiger charge is -2.02. The number of methoxy groups -OCH3 is 1. The van der Waals surface area contributed by atoms with E-state index in [0.29, 0.717) is 21.7 Å². The Kier molecular flexibility index (Phi) is 2.79. The maximum absolute atomic E-state index is 6.00. The summed E-state index contributed by atoms with van der Waals surface area (Å²) in [5, 5.41) is 5.13. The molecule has 0 aliphatic heterocycles. The van der Waals surface area contributed by atoms with Gasteiger partial charge in [-0.3, -0.25) is 0 Å². The van der Waals surface area contributed by atoms with E-state index in [4.69, 9.17) is 27.9 Å². The van der Waals surface area contributed by atoms with Crippen LogP contribution in [-0.4, -0.2) is 21.9 Å². The zero-order chi connectivity index (χ0) is 10.8. The van der Waals surface area contributed by atoms with Crippen molar-refractivity contribution in [2.24, 2.45) is 0 Å². The number of rotatable bonds is 2. The molecule has 0 saturated heterocycles. The van der Waals surface area contributed by atoms with E-state index in [1.165, 1.54) is 18.1 Å². The number of aromatic nitrogens is 3. The van der Waals surface area contributed by atoms with Crippen molar-refractivity contribution in [2.45, 2.75) is 0 Å². The zero-order valence-electron chi connectivity index (χ0n) is 7.82. The molecule has 0 aliphatic rings. The molecule has 0 bridgehead atoms. The summed E-state index contributed by atoms with van der Waals surface area (Å²) in [6, 6.07) is 5.43. The Hall–Kier alpha value is -1.26. The molecule has 0 N–H and O–H groups in total. The molecule has 0 amide bonds. The summed E-state index contributed by atoms with van der Waals surface area (Å²) in [6.45, 7) is 0. The van der Waals surface area contributed by atoms with Crippen molar-refractivity contribution in [3.05, 3.63) is 34.6 Å². The molecule has 1 heterocycles. The molecule has 0 atom stereocenters. The summed E-state index contributed by atoms with van der Waals surface area (Å²) in [6.07, 6.45) is 1.52. The molecule has 0 aliphatic carbocycles.